The van der Waals surface area contributed by atoms with Crippen molar-refractivity contribution >= 4 is 5.97 Å². The summed E-state index contributed by atoms with van der Waals surface area (Å²) in [6.45, 7) is 2.42. The van der Waals surface area contributed by atoms with Crippen molar-refractivity contribution in [2.45, 2.75) is 25.4 Å². The fourth-order valence-corrected chi connectivity index (χ4v) is 1.33. The van der Waals surface area contributed by atoms with Crippen LogP contribution in [-0.2, 0) is 14.3 Å². The lowest BCUT2D eigenvalue weighted by molar-refractivity contribution is -0.168. The SMILES string of the molecule is COCCOC(C)(C(=O)O)C1CC1. The van der Waals surface area contributed by atoms with Crippen LogP contribution in [0.25, 0.3) is 0 Å². The highest BCUT2D eigenvalue weighted by Crippen LogP contribution is 2.41. The molecule has 76 valence electrons. The quantitative estimate of drug-likeness (QED) is 0.629. The third-order valence-electron chi connectivity index (χ3n) is 2.47. The van der Waals surface area contributed by atoms with Gasteiger partial charge >= 0.3 is 5.97 Å². The van der Waals surface area contributed by atoms with Crippen LogP contribution in [0.15, 0.2) is 0 Å². The Bertz CT molecular complexity index is 188. The zero-order valence-electron chi connectivity index (χ0n) is 8.08. The smallest absolute Gasteiger partial charge is 0.335 e. The Kier molecular flexibility index (Phi) is 3.27. The van der Waals surface area contributed by atoms with Crippen LogP contribution in [0.3, 0.4) is 0 Å². The highest BCUT2D eigenvalue weighted by atomic mass is 16.5. The fraction of sp³-hybridized carbons (Fsp3) is 0.889. The second kappa shape index (κ2) is 4.07. The van der Waals surface area contributed by atoms with Gasteiger partial charge in [0.1, 0.15) is 0 Å². The molecule has 0 radical (unpaired) electrons. The maximum atomic E-state index is 10.9. The molecule has 0 spiro atoms. The Hall–Kier alpha value is -0.610. The number of methoxy groups -OCH3 is 1. The summed E-state index contributed by atoms with van der Waals surface area (Å²) in [5.74, 6) is -0.687. The Balaban J connectivity index is 2.42. The number of rotatable bonds is 6. The normalized spacial score (nSPS) is 21.1. The van der Waals surface area contributed by atoms with Crippen LogP contribution in [0, 0.1) is 5.92 Å². The summed E-state index contributed by atoms with van der Waals surface area (Å²) >= 11 is 0. The Morgan fingerprint density at radius 1 is 1.54 bits per heavy atom. The lowest BCUT2D eigenvalue weighted by Gasteiger charge is -2.24. The van der Waals surface area contributed by atoms with Crippen LogP contribution < -0.4 is 0 Å². The van der Waals surface area contributed by atoms with Crippen LogP contribution >= 0.6 is 0 Å². The van der Waals surface area contributed by atoms with E-state index in [-0.39, 0.29) is 5.92 Å². The summed E-state index contributed by atoms with van der Waals surface area (Å²) in [6, 6.07) is 0. The summed E-state index contributed by atoms with van der Waals surface area (Å²) in [4.78, 5) is 10.9. The Labute approximate surface area is 77.8 Å². The third-order valence-corrected chi connectivity index (χ3v) is 2.47. The minimum Gasteiger partial charge on any atom is -0.479 e. The largest absolute Gasteiger partial charge is 0.479 e. The van der Waals surface area contributed by atoms with E-state index in [1.54, 1.807) is 14.0 Å². The summed E-state index contributed by atoms with van der Waals surface area (Å²) in [5, 5.41) is 8.98. The van der Waals surface area contributed by atoms with E-state index in [1.807, 2.05) is 0 Å². The Morgan fingerprint density at radius 2 is 2.15 bits per heavy atom. The fourth-order valence-electron chi connectivity index (χ4n) is 1.33. The first-order chi connectivity index (χ1) is 6.11. The van der Waals surface area contributed by atoms with Gasteiger partial charge in [-0.25, -0.2) is 4.79 Å². The van der Waals surface area contributed by atoms with Gasteiger partial charge in [-0.15, -0.1) is 0 Å². The second-order valence-corrected chi connectivity index (χ2v) is 3.53. The lowest BCUT2D eigenvalue weighted by atomic mass is 10.0. The zero-order chi connectivity index (χ0) is 9.90. The first-order valence-electron chi connectivity index (χ1n) is 4.47. The molecule has 0 heterocycles. The predicted octanol–water partition coefficient (Wildman–Crippen LogP) is 0.903. The van der Waals surface area contributed by atoms with Crippen molar-refractivity contribution in [3.05, 3.63) is 0 Å². The van der Waals surface area contributed by atoms with Crippen molar-refractivity contribution < 1.29 is 19.4 Å². The molecule has 4 nitrogen and oxygen atoms in total. The molecule has 1 atom stereocenters. The molecule has 0 saturated heterocycles. The molecule has 0 bridgehead atoms. The van der Waals surface area contributed by atoms with Gasteiger partial charge in [0.2, 0.25) is 0 Å². The molecule has 1 unspecified atom stereocenters. The predicted molar refractivity (Wildman–Crippen MR) is 46.6 cm³/mol. The van der Waals surface area contributed by atoms with E-state index < -0.39 is 11.6 Å². The number of carboxylic acid groups (broad SMARTS) is 1. The van der Waals surface area contributed by atoms with Gasteiger partial charge in [0.05, 0.1) is 13.2 Å². The molecule has 0 aliphatic heterocycles. The summed E-state index contributed by atoms with van der Waals surface area (Å²) in [7, 11) is 1.57. The first-order valence-corrected chi connectivity index (χ1v) is 4.47. The lowest BCUT2D eigenvalue weighted by Crippen LogP contribution is -2.41. The molecule has 0 aromatic rings. The van der Waals surface area contributed by atoms with Gasteiger partial charge in [0, 0.05) is 7.11 Å². The molecular weight excluding hydrogens is 172 g/mol. The van der Waals surface area contributed by atoms with E-state index in [4.69, 9.17) is 14.6 Å². The first kappa shape index (κ1) is 10.5. The van der Waals surface area contributed by atoms with E-state index in [9.17, 15) is 4.79 Å². The zero-order valence-corrected chi connectivity index (χ0v) is 8.08. The topological polar surface area (TPSA) is 55.8 Å². The number of carboxylic acids is 1. The number of aliphatic carboxylic acids is 1. The van der Waals surface area contributed by atoms with Crippen LogP contribution in [0.5, 0.6) is 0 Å². The minimum atomic E-state index is -1.00. The van der Waals surface area contributed by atoms with Gasteiger partial charge in [0.25, 0.3) is 0 Å². The number of carbonyl (C=O) groups is 1. The van der Waals surface area contributed by atoms with Crippen LogP contribution in [0.1, 0.15) is 19.8 Å². The van der Waals surface area contributed by atoms with Crippen molar-refractivity contribution in [2.24, 2.45) is 5.92 Å². The summed E-state index contributed by atoms with van der Waals surface area (Å²) < 4.78 is 10.1. The van der Waals surface area contributed by atoms with Crippen molar-refractivity contribution in [1.82, 2.24) is 0 Å². The molecule has 0 aromatic carbocycles. The van der Waals surface area contributed by atoms with Gasteiger partial charge in [-0.2, -0.15) is 0 Å². The average Bonchev–Trinajstić information content (AvgIpc) is 2.86. The number of ether oxygens (including phenoxy) is 2. The molecule has 1 saturated carbocycles. The molecule has 0 amide bonds. The maximum absolute atomic E-state index is 10.9. The molecular formula is C9H16O4. The van der Waals surface area contributed by atoms with Gasteiger partial charge in [0.15, 0.2) is 5.60 Å². The molecule has 1 aliphatic carbocycles. The molecule has 13 heavy (non-hydrogen) atoms. The van der Waals surface area contributed by atoms with E-state index in [1.165, 1.54) is 0 Å². The van der Waals surface area contributed by atoms with E-state index in [2.05, 4.69) is 0 Å². The van der Waals surface area contributed by atoms with Crippen molar-refractivity contribution in [3.63, 3.8) is 0 Å². The van der Waals surface area contributed by atoms with E-state index in [0.717, 1.165) is 12.8 Å². The second-order valence-electron chi connectivity index (χ2n) is 3.53. The highest BCUT2D eigenvalue weighted by Gasteiger charge is 2.48. The maximum Gasteiger partial charge on any atom is 0.335 e. The highest BCUT2D eigenvalue weighted by molar-refractivity contribution is 5.77. The van der Waals surface area contributed by atoms with Gasteiger partial charge in [-0.1, -0.05) is 0 Å². The van der Waals surface area contributed by atoms with E-state index in [0.29, 0.717) is 13.2 Å². The van der Waals surface area contributed by atoms with Crippen LogP contribution in [0.2, 0.25) is 0 Å². The van der Waals surface area contributed by atoms with Gasteiger partial charge in [-0.3, -0.25) is 0 Å². The van der Waals surface area contributed by atoms with E-state index >= 15 is 0 Å². The van der Waals surface area contributed by atoms with Gasteiger partial charge < -0.3 is 14.6 Å². The number of hydrogen-bond donors (Lipinski definition) is 1. The van der Waals surface area contributed by atoms with Gasteiger partial charge in [-0.05, 0) is 25.7 Å². The molecule has 1 N–H and O–H groups in total. The van der Waals surface area contributed by atoms with Crippen molar-refractivity contribution in [2.75, 3.05) is 20.3 Å². The third kappa shape index (κ3) is 2.42. The van der Waals surface area contributed by atoms with Crippen molar-refractivity contribution in [1.29, 1.82) is 0 Å². The average molecular weight is 188 g/mol. The minimum absolute atomic E-state index is 0.182. The molecule has 1 rings (SSSR count). The monoisotopic (exact) mass is 188 g/mol. The molecule has 0 aromatic heterocycles. The van der Waals surface area contributed by atoms with Crippen molar-refractivity contribution in [3.8, 4) is 0 Å². The summed E-state index contributed by atoms with van der Waals surface area (Å²) in [6.07, 6.45) is 1.91. The number of hydrogen-bond acceptors (Lipinski definition) is 3. The standard InChI is InChI=1S/C9H16O4/c1-9(8(10)11,7-3-4-7)13-6-5-12-2/h7H,3-6H2,1-2H3,(H,10,11). The summed E-state index contributed by atoms with van der Waals surface area (Å²) in [5.41, 5.74) is -1.00. The van der Waals surface area contributed by atoms with Crippen LogP contribution in [0.4, 0.5) is 0 Å². The Morgan fingerprint density at radius 3 is 2.54 bits per heavy atom. The molecule has 1 aliphatic rings. The molecule has 1 fully saturated rings. The molecule has 4 heteroatoms. The van der Waals surface area contributed by atoms with Crippen LogP contribution in [-0.4, -0.2) is 37.0 Å².